The van der Waals surface area contributed by atoms with Gasteiger partial charge >= 0.3 is 5.97 Å². The van der Waals surface area contributed by atoms with Crippen molar-refractivity contribution in [3.8, 4) is 0 Å². The number of esters is 1. The zero-order valence-corrected chi connectivity index (χ0v) is 6.15. The van der Waals surface area contributed by atoms with Gasteiger partial charge in [-0.2, -0.15) is 5.10 Å². The monoisotopic (exact) mass is 155 g/mol. The number of hydrogen-bond acceptors (Lipinski definition) is 4. The molecule has 0 aliphatic rings. The highest BCUT2D eigenvalue weighted by molar-refractivity contribution is 5.68. The predicted molar refractivity (Wildman–Crippen MR) is 38.7 cm³/mol. The van der Waals surface area contributed by atoms with Crippen LogP contribution in [0.5, 0.6) is 0 Å². The number of nitrogens with two attached hydrogens (primary N) is 1. The van der Waals surface area contributed by atoms with Crippen LogP contribution in [0, 0.1) is 0 Å². The van der Waals surface area contributed by atoms with Crippen LogP contribution in [-0.4, -0.2) is 22.9 Å². The molecule has 5 nitrogen and oxygen atoms in total. The van der Waals surface area contributed by atoms with Gasteiger partial charge in [-0.25, -0.2) is 0 Å². The van der Waals surface area contributed by atoms with E-state index < -0.39 is 0 Å². The molecule has 1 heterocycles. The summed E-state index contributed by atoms with van der Waals surface area (Å²) < 4.78 is 5.84. The maximum absolute atomic E-state index is 10.7. The van der Waals surface area contributed by atoms with Crippen molar-refractivity contribution in [3.63, 3.8) is 0 Å². The van der Waals surface area contributed by atoms with Gasteiger partial charge in [0.2, 0.25) is 0 Å². The van der Waals surface area contributed by atoms with Crippen molar-refractivity contribution < 1.29 is 9.53 Å². The zero-order chi connectivity index (χ0) is 8.27. The average Bonchev–Trinajstić information content (AvgIpc) is 2.35. The fraction of sp³-hybridized carbons (Fsp3) is 0.333. The number of carbonyl (C=O) groups is 1. The quantitative estimate of drug-likeness (QED) is 0.592. The third-order valence-corrected chi connectivity index (χ3v) is 1.17. The van der Waals surface area contributed by atoms with Crippen LogP contribution in [0.1, 0.15) is 0 Å². The second-order valence-electron chi connectivity index (χ2n) is 2.05. The van der Waals surface area contributed by atoms with Gasteiger partial charge in [-0.1, -0.05) is 0 Å². The molecular formula is C6H9N3O2. The predicted octanol–water partition coefficient (Wildman–Crippen LogP) is -0.362. The number of methoxy groups -OCH3 is 1. The number of aromatic nitrogens is 2. The molecule has 0 fully saturated rings. The van der Waals surface area contributed by atoms with E-state index in [-0.39, 0.29) is 12.5 Å². The van der Waals surface area contributed by atoms with Gasteiger partial charge in [-0.15, -0.1) is 0 Å². The molecule has 2 N–H and O–H groups in total. The molecule has 0 aromatic carbocycles. The summed E-state index contributed by atoms with van der Waals surface area (Å²) in [5.74, 6) is -0.340. The highest BCUT2D eigenvalue weighted by atomic mass is 16.5. The molecule has 0 atom stereocenters. The van der Waals surface area contributed by atoms with E-state index >= 15 is 0 Å². The zero-order valence-electron chi connectivity index (χ0n) is 6.15. The third-order valence-electron chi connectivity index (χ3n) is 1.17. The molecule has 1 rings (SSSR count). The van der Waals surface area contributed by atoms with E-state index in [1.807, 2.05) is 0 Å². The Labute approximate surface area is 63.7 Å². The second-order valence-corrected chi connectivity index (χ2v) is 2.05. The highest BCUT2D eigenvalue weighted by Crippen LogP contribution is 1.97. The molecule has 0 saturated heterocycles. The fourth-order valence-corrected chi connectivity index (χ4v) is 0.663. The lowest BCUT2D eigenvalue weighted by Gasteiger charge is -1.97. The fourth-order valence-electron chi connectivity index (χ4n) is 0.663. The van der Waals surface area contributed by atoms with E-state index in [1.165, 1.54) is 18.0 Å². The lowest BCUT2D eigenvalue weighted by molar-refractivity contribution is -0.141. The van der Waals surface area contributed by atoms with E-state index in [9.17, 15) is 4.79 Å². The maximum Gasteiger partial charge on any atom is 0.327 e. The van der Waals surface area contributed by atoms with Crippen molar-refractivity contribution in [2.75, 3.05) is 12.8 Å². The molecule has 0 aliphatic carbocycles. The first-order valence-electron chi connectivity index (χ1n) is 3.07. The molecular weight excluding hydrogens is 146 g/mol. The average molecular weight is 155 g/mol. The summed E-state index contributed by atoms with van der Waals surface area (Å²) in [5.41, 5.74) is 5.90. The van der Waals surface area contributed by atoms with Gasteiger partial charge < -0.3 is 10.5 Å². The van der Waals surface area contributed by atoms with E-state index in [4.69, 9.17) is 5.73 Å². The normalized spacial score (nSPS) is 9.55. The van der Waals surface area contributed by atoms with Gasteiger partial charge in [0.15, 0.2) is 0 Å². The van der Waals surface area contributed by atoms with Crippen LogP contribution in [0.4, 0.5) is 5.69 Å². The van der Waals surface area contributed by atoms with E-state index in [0.717, 1.165) is 0 Å². The van der Waals surface area contributed by atoms with Crippen molar-refractivity contribution in [1.29, 1.82) is 0 Å². The molecule has 0 saturated carbocycles. The number of anilines is 1. The standard InChI is InChI=1S/C6H9N3O2/c1-11-6(10)4-9-3-5(7)2-8-9/h2-3H,4,7H2,1H3. The minimum Gasteiger partial charge on any atom is -0.468 e. The molecule has 0 aliphatic heterocycles. The van der Waals surface area contributed by atoms with Gasteiger partial charge in [-0.3, -0.25) is 9.48 Å². The van der Waals surface area contributed by atoms with Crippen LogP contribution in [0.15, 0.2) is 12.4 Å². The van der Waals surface area contributed by atoms with Crippen LogP contribution < -0.4 is 5.73 Å². The first kappa shape index (κ1) is 7.59. The van der Waals surface area contributed by atoms with Crippen LogP contribution in [0.2, 0.25) is 0 Å². The second kappa shape index (κ2) is 3.05. The molecule has 60 valence electrons. The van der Waals surface area contributed by atoms with Crippen LogP contribution in [0.25, 0.3) is 0 Å². The van der Waals surface area contributed by atoms with Gasteiger partial charge in [0.1, 0.15) is 6.54 Å². The topological polar surface area (TPSA) is 70.1 Å². The smallest absolute Gasteiger partial charge is 0.327 e. The number of nitrogens with zero attached hydrogens (tertiary/aromatic N) is 2. The minimum atomic E-state index is -0.340. The van der Waals surface area contributed by atoms with Crippen molar-refractivity contribution >= 4 is 11.7 Å². The van der Waals surface area contributed by atoms with Gasteiger partial charge in [-0.05, 0) is 0 Å². The van der Waals surface area contributed by atoms with E-state index in [1.54, 1.807) is 6.20 Å². The SMILES string of the molecule is COC(=O)Cn1cc(N)cn1. The minimum absolute atomic E-state index is 0.105. The highest BCUT2D eigenvalue weighted by Gasteiger charge is 2.01. The summed E-state index contributed by atoms with van der Waals surface area (Å²) in [6.07, 6.45) is 3.04. The summed E-state index contributed by atoms with van der Waals surface area (Å²) in [6, 6.07) is 0. The molecule has 0 radical (unpaired) electrons. The lowest BCUT2D eigenvalue weighted by Crippen LogP contribution is -2.11. The lowest BCUT2D eigenvalue weighted by atomic mass is 10.6. The number of nitrogen functional groups attached to an aromatic ring is 1. The molecule has 11 heavy (non-hydrogen) atoms. The summed E-state index contributed by atoms with van der Waals surface area (Å²) >= 11 is 0. The van der Waals surface area contributed by atoms with Crippen LogP contribution >= 0.6 is 0 Å². The first-order chi connectivity index (χ1) is 5.22. The Balaban J connectivity index is 2.57. The summed E-state index contributed by atoms with van der Waals surface area (Å²) in [6.45, 7) is 0.105. The first-order valence-corrected chi connectivity index (χ1v) is 3.07. The molecule has 1 aromatic heterocycles. The molecule has 0 spiro atoms. The Morgan fingerprint density at radius 2 is 2.64 bits per heavy atom. The van der Waals surface area contributed by atoms with Crippen LogP contribution in [-0.2, 0) is 16.1 Å². The number of carbonyl (C=O) groups excluding carboxylic acids is 1. The van der Waals surface area contributed by atoms with E-state index in [2.05, 4.69) is 9.84 Å². The molecule has 1 aromatic rings. The van der Waals surface area contributed by atoms with E-state index in [0.29, 0.717) is 5.69 Å². The Hall–Kier alpha value is -1.52. The largest absolute Gasteiger partial charge is 0.468 e. The summed E-state index contributed by atoms with van der Waals surface area (Å²) in [7, 11) is 1.33. The van der Waals surface area contributed by atoms with Gasteiger partial charge in [0, 0.05) is 6.20 Å². The Bertz CT molecular complexity index is 256. The Kier molecular flexibility index (Phi) is 2.10. The molecule has 0 amide bonds. The van der Waals surface area contributed by atoms with Crippen LogP contribution in [0.3, 0.4) is 0 Å². The Morgan fingerprint density at radius 3 is 3.09 bits per heavy atom. The van der Waals surface area contributed by atoms with Crippen molar-refractivity contribution in [2.24, 2.45) is 0 Å². The number of rotatable bonds is 2. The van der Waals surface area contributed by atoms with Crippen molar-refractivity contribution in [2.45, 2.75) is 6.54 Å². The summed E-state index contributed by atoms with van der Waals surface area (Å²) in [5, 5.41) is 3.79. The van der Waals surface area contributed by atoms with Crippen molar-refractivity contribution in [1.82, 2.24) is 9.78 Å². The van der Waals surface area contributed by atoms with Gasteiger partial charge in [0.05, 0.1) is 19.0 Å². The van der Waals surface area contributed by atoms with Gasteiger partial charge in [0.25, 0.3) is 0 Å². The Morgan fingerprint density at radius 1 is 1.91 bits per heavy atom. The maximum atomic E-state index is 10.7. The summed E-state index contributed by atoms with van der Waals surface area (Å²) in [4.78, 5) is 10.7. The number of ether oxygens (including phenoxy) is 1. The number of hydrogen-bond donors (Lipinski definition) is 1. The third kappa shape index (κ3) is 1.96. The molecule has 0 bridgehead atoms. The molecule has 5 heteroatoms. The molecule has 0 unspecified atom stereocenters. The van der Waals surface area contributed by atoms with Crippen molar-refractivity contribution in [3.05, 3.63) is 12.4 Å².